The predicted octanol–water partition coefficient (Wildman–Crippen LogP) is 1.45. The summed E-state index contributed by atoms with van der Waals surface area (Å²) in [5.74, 6) is 0.952. The van der Waals surface area contributed by atoms with E-state index in [9.17, 15) is 0 Å². The topological polar surface area (TPSA) is 62.4 Å². The lowest BCUT2D eigenvalue weighted by Gasteiger charge is -2.38. The molecular formula is C13H21N3O. The summed E-state index contributed by atoms with van der Waals surface area (Å²) < 4.78 is 0. The van der Waals surface area contributed by atoms with Gasteiger partial charge in [0.2, 0.25) is 0 Å². The largest absolute Gasteiger partial charge is 0.395 e. The van der Waals surface area contributed by atoms with Gasteiger partial charge in [-0.3, -0.25) is 0 Å². The monoisotopic (exact) mass is 235 g/mol. The van der Waals surface area contributed by atoms with Crippen molar-refractivity contribution in [2.75, 3.05) is 18.1 Å². The van der Waals surface area contributed by atoms with Gasteiger partial charge in [-0.05, 0) is 37.8 Å². The molecule has 1 aliphatic rings. The highest BCUT2D eigenvalue weighted by atomic mass is 16.3. The van der Waals surface area contributed by atoms with E-state index < -0.39 is 0 Å². The van der Waals surface area contributed by atoms with Crippen LogP contribution in [0.15, 0.2) is 18.3 Å². The third-order valence-corrected chi connectivity index (χ3v) is 3.45. The molecule has 0 amide bonds. The van der Waals surface area contributed by atoms with Gasteiger partial charge < -0.3 is 15.7 Å². The van der Waals surface area contributed by atoms with Crippen molar-refractivity contribution in [1.82, 2.24) is 4.98 Å². The normalized spacial score (nSPS) is 17.6. The molecule has 0 unspecified atom stereocenters. The van der Waals surface area contributed by atoms with Crippen LogP contribution in [-0.4, -0.2) is 29.3 Å². The summed E-state index contributed by atoms with van der Waals surface area (Å²) in [6, 6.07) is 4.60. The second-order valence-electron chi connectivity index (χ2n) is 4.74. The number of hydrogen-bond acceptors (Lipinski definition) is 4. The predicted molar refractivity (Wildman–Crippen MR) is 68.9 cm³/mol. The van der Waals surface area contributed by atoms with E-state index in [1.165, 1.54) is 19.3 Å². The Morgan fingerprint density at radius 3 is 2.71 bits per heavy atom. The molecule has 0 bridgehead atoms. The molecule has 1 aromatic rings. The molecule has 0 radical (unpaired) electrons. The van der Waals surface area contributed by atoms with Crippen molar-refractivity contribution >= 4 is 5.82 Å². The Morgan fingerprint density at radius 1 is 1.53 bits per heavy atom. The van der Waals surface area contributed by atoms with Crippen molar-refractivity contribution in [3.05, 3.63) is 23.9 Å². The van der Waals surface area contributed by atoms with Gasteiger partial charge in [-0.15, -0.1) is 0 Å². The SMILES string of the molecule is C[C@H](N)c1ccc(N(CCO)C2CCC2)nc1. The lowest BCUT2D eigenvalue weighted by Crippen LogP contribution is -2.42. The van der Waals surface area contributed by atoms with Gasteiger partial charge in [-0.2, -0.15) is 0 Å². The number of aliphatic hydroxyl groups excluding tert-OH is 1. The fourth-order valence-electron chi connectivity index (χ4n) is 2.13. The lowest BCUT2D eigenvalue weighted by atomic mass is 9.91. The van der Waals surface area contributed by atoms with Crippen LogP contribution in [0.1, 0.15) is 37.8 Å². The lowest BCUT2D eigenvalue weighted by molar-refractivity contribution is 0.283. The van der Waals surface area contributed by atoms with E-state index in [2.05, 4.69) is 9.88 Å². The molecule has 1 saturated carbocycles. The zero-order chi connectivity index (χ0) is 12.3. The van der Waals surface area contributed by atoms with E-state index in [0.29, 0.717) is 12.6 Å². The third kappa shape index (κ3) is 2.76. The molecule has 1 fully saturated rings. The molecule has 94 valence electrons. The Hall–Kier alpha value is -1.13. The number of anilines is 1. The summed E-state index contributed by atoms with van der Waals surface area (Å²) in [6.07, 6.45) is 5.53. The van der Waals surface area contributed by atoms with Crippen LogP contribution in [0.3, 0.4) is 0 Å². The first-order valence-electron chi connectivity index (χ1n) is 6.31. The standard InChI is InChI=1S/C13H21N3O/c1-10(14)11-5-6-13(15-9-11)16(7-8-17)12-3-2-4-12/h5-6,9-10,12,17H,2-4,7-8,14H2,1H3/t10-/m0/s1. The minimum atomic E-state index is 0.0199. The highest BCUT2D eigenvalue weighted by Crippen LogP contribution is 2.28. The Labute approximate surface area is 102 Å². The van der Waals surface area contributed by atoms with Crippen molar-refractivity contribution < 1.29 is 5.11 Å². The number of hydrogen-bond donors (Lipinski definition) is 2. The molecule has 1 aliphatic carbocycles. The highest BCUT2D eigenvalue weighted by Gasteiger charge is 2.25. The van der Waals surface area contributed by atoms with Gasteiger partial charge in [-0.1, -0.05) is 6.07 Å². The summed E-state index contributed by atoms with van der Waals surface area (Å²) >= 11 is 0. The quantitative estimate of drug-likeness (QED) is 0.811. The minimum Gasteiger partial charge on any atom is -0.395 e. The summed E-state index contributed by atoms with van der Waals surface area (Å²) in [5, 5.41) is 9.12. The number of aliphatic hydroxyl groups is 1. The zero-order valence-electron chi connectivity index (χ0n) is 10.3. The van der Waals surface area contributed by atoms with Crippen LogP contribution in [0.25, 0.3) is 0 Å². The summed E-state index contributed by atoms with van der Waals surface area (Å²) in [6.45, 7) is 2.79. The average molecular weight is 235 g/mol. The molecule has 17 heavy (non-hydrogen) atoms. The van der Waals surface area contributed by atoms with Gasteiger partial charge in [0.1, 0.15) is 5.82 Å². The Balaban J connectivity index is 2.11. The molecule has 3 N–H and O–H groups in total. The van der Waals surface area contributed by atoms with E-state index in [-0.39, 0.29) is 12.6 Å². The molecule has 0 saturated heterocycles. The minimum absolute atomic E-state index is 0.0199. The van der Waals surface area contributed by atoms with Gasteiger partial charge >= 0.3 is 0 Å². The molecule has 0 spiro atoms. The molecule has 2 rings (SSSR count). The highest BCUT2D eigenvalue weighted by molar-refractivity contribution is 5.41. The molecule has 1 atom stereocenters. The van der Waals surface area contributed by atoms with Gasteiger partial charge in [0.15, 0.2) is 0 Å². The van der Waals surface area contributed by atoms with Crippen molar-refractivity contribution in [3.63, 3.8) is 0 Å². The van der Waals surface area contributed by atoms with E-state index >= 15 is 0 Å². The fourth-order valence-corrected chi connectivity index (χ4v) is 2.13. The summed E-state index contributed by atoms with van der Waals surface area (Å²) in [4.78, 5) is 6.66. The first-order valence-corrected chi connectivity index (χ1v) is 6.31. The summed E-state index contributed by atoms with van der Waals surface area (Å²) in [5.41, 5.74) is 6.85. The van der Waals surface area contributed by atoms with Crippen molar-refractivity contribution in [2.24, 2.45) is 5.73 Å². The van der Waals surface area contributed by atoms with Crippen LogP contribution in [0.2, 0.25) is 0 Å². The molecular weight excluding hydrogens is 214 g/mol. The molecule has 4 heteroatoms. The smallest absolute Gasteiger partial charge is 0.128 e. The van der Waals surface area contributed by atoms with Crippen LogP contribution in [-0.2, 0) is 0 Å². The maximum atomic E-state index is 9.12. The van der Waals surface area contributed by atoms with Gasteiger partial charge in [-0.25, -0.2) is 4.98 Å². The summed E-state index contributed by atoms with van der Waals surface area (Å²) in [7, 11) is 0. The van der Waals surface area contributed by atoms with E-state index in [4.69, 9.17) is 10.8 Å². The second-order valence-corrected chi connectivity index (χ2v) is 4.74. The van der Waals surface area contributed by atoms with Crippen LogP contribution in [0.4, 0.5) is 5.82 Å². The first kappa shape index (κ1) is 12.3. The van der Waals surface area contributed by atoms with Crippen LogP contribution < -0.4 is 10.6 Å². The maximum Gasteiger partial charge on any atom is 0.128 e. The Kier molecular flexibility index (Phi) is 3.97. The van der Waals surface area contributed by atoms with Crippen LogP contribution in [0.5, 0.6) is 0 Å². The van der Waals surface area contributed by atoms with Gasteiger partial charge in [0, 0.05) is 24.8 Å². The number of nitrogens with zero attached hydrogens (tertiary/aromatic N) is 2. The maximum absolute atomic E-state index is 9.12. The number of pyridine rings is 1. The Morgan fingerprint density at radius 2 is 2.29 bits per heavy atom. The van der Waals surface area contributed by atoms with E-state index in [1.807, 2.05) is 25.3 Å². The van der Waals surface area contributed by atoms with Crippen molar-refractivity contribution in [2.45, 2.75) is 38.3 Å². The van der Waals surface area contributed by atoms with Gasteiger partial charge in [0.25, 0.3) is 0 Å². The molecule has 1 aromatic heterocycles. The average Bonchev–Trinajstić information content (AvgIpc) is 2.26. The van der Waals surface area contributed by atoms with Crippen molar-refractivity contribution in [1.29, 1.82) is 0 Å². The van der Waals surface area contributed by atoms with Crippen LogP contribution >= 0.6 is 0 Å². The fraction of sp³-hybridized carbons (Fsp3) is 0.615. The zero-order valence-corrected chi connectivity index (χ0v) is 10.3. The second kappa shape index (κ2) is 5.47. The Bertz CT molecular complexity index is 346. The van der Waals surface area contributed by atoms with Crippen LogP contribution in [0, 0.1) is 0 Å². The third-order valence-electron chi connectivity index (χ3n) is 3.45. The molecule has 0 aliphatic heterocycles. The molecule has 4 nitrogen and oxygen atoms in total. The van der Waals surface area contributed by atoms with Crippen molar-refractivity contribution in [3.8, 4) is 0 Å². The number of aromatic nitrogens is 1. The number of nitrogens with two attached hydrogens (primary N) is 1. The van der Waals surface area contributed by atoms with E-state index in [0.717, 1.165) is 11.4 Å². The number of rotatable bonds is 5. The van der Waals surface area contributed by atoms with E-state index in [1.54, 1.807) is 0 Å². The molecule has 1 heterocycles. The van der Waals surface area contributed by atoms with Gasteiger partial charge in [0.05, 0.1) is 6.61 Å². The first-order chi connectivity index (χ1) is 8.22. The molecule has 0 aromatic carbocycles.